The molecule has 0 atom stereocenters. The lowest BCUT2D eigenvalue weighted by atomic mass is 10.2. The smallest absolute Gasteiger partial charge is 0.280 e. The molecule has 2 aromatic rings. The van der Waals surface area contributed by atoms with Crippen molar-refractivity contribution < 1.29 is 18.8 Å². The van der Waals surface area contributed by atoms with E-state index < -0.39 is 4.92 Å². The van der Waals surface area contributed by atoms with E-state index >= 15 is 0 Å². The number of hydrogen-bond donors (Lipinski definition) is 0. The molecule has 5 nitrogen and oxygen atoms in total. The van der Waals surface area contributed by atoms with E-state index in [0.717, 1.165) is 0 Å². The maximum Gasteiger partial charge on any atom is 0.280 e. The predicted molar refractivity (Wildman–Crippen MR) is 69.2 cm³/mol. The number of carbonyl (C=O) groups is 1. The molecule has 0 heterocycles. The molecule has 0 saturated heterocycles. The average Bonchev–Trinajstić information content (AvgIpc) is 2.44. The van der Waals surface area contributed by atoms with Gasteiger partial charge in [0.15, 0.2) is 6.29 Å². The SMILES string of the molecule is O=Cc1cc(OCc2cccc(F)c2)ccc1[N+](=O)[O-]. The number of nitro groups is 1. The summed E-state index contributed by atoms with van der Waals surface area (Å²) < 4.78 is 18.4. The molecule has 0 bridgehead atoms. The van der Waals surface area contributed by atoms with E-state index in [1.807, 2.05) is 0 Å². The number of rotatable bonds is 5. The van der Waals surface area contributed by atoms with Crippen molar-refractivity contribution in [2.75, 3.05) is 0 Å². The molecule has 20 heavy (non-hydrogen) atoms. The minimum absolute atomic E-state index is 0.0632. The van der Waals surface area contributed by atoms with Crippen LogP contribution in [0.2, 0.25) is 0 Å². The first-order valence-electron chi connectivity index (χ1n) is 5.71. The fraction of sp³-hybridized carbons (Fsp3) is 0.0714. The number of hydrogen-bond acceptors (Lipinski definition) is 4. The third-order valence-electron chi connectivity index (χ3n) is 2.62. The Morgan fingerprint density at radius 2 is 2.05 bits per heavy atom. The first-order valence-corrected chi connectivity index (χ1v) is 5.71. The third-order valence-corrected chi connectivity index (χ3v) is 2.62. The van der Waals surface area contributed by atoms with E-state index in [1.165, 1.54) is 30.3 Å². The molecule has 6 heteroatoms. The Morgan fingerprint density at radius 3 is 2.70 bits per heavy atom. The second kappa shape index (κ2) is 5.92. The van der Waals surface area contributed by atoms with E-state index in [9.17, 15) is 19.3 Å². The van der Waals surface area contributed by atoms with Crippen molar-refractivity contribution in [2.24, 2.45) is 0 Å². The van der Waals surface area contributed by atoms with Crippen LogP contribution < -0.4 is 4.74 Å². The van der Waals surface area contributed by atoms with Crippen LogP contribution in [0.3, 0.4) is 0 Å². The summed E-state index contributed by atoms with van der Waals surface area (Å²) in [5.41, 5.74) is 0.279. The van der Waals surface area contributed by atoms with Crippen molar-refractivity contribution in [3.05, 3.63) is 69.5 Å². The Bertz CT molecular complexity index is 657. The largest absolute Gasteiger partial charge is 0.489 e. The number of aldehydes is 1. The molecule has 0 fully saturated rings. The third kappa shape index (κ3) is 3.17. The molecule has 0 spiro atoms. The van der Waals surface area contributed by atoms with E-state index in [1.54, 1.807) is 12.1 Å². The molecule has 0 amide bonds. The Morgan fingerprint density at radius 1 is 1.25 bits per heavy atom. The number of halogens is 1. The van der Waals surface area contributed by atoms with Gasteiger partial charge in [0.2, 0.25) is 0 Å². The molecular formula is C14H10FNO4. The highest BCUT2D eigenvalue weighted by Crippen LogP contribution is 2.23. The van der Waals surface area contributed by atoms with E-state index in [4.69, 9.17) is 4.74 Å². The minimum atomic E-state index is -0.639. The van der Waals surface area contributed by atoms with Crippen molar-refractivity contribution in [3.63, 3.8) is 0 Å². The number of ether oxygens (including phenoxy) is 1. The first kappa shape index (κ1) is 13.7. The van der Waals surface area contributed by atoms with Gasteiger partial charge in [-0.2, -0.15) is 0 Å². The lowest BCUT2D eigenvalue weighted by molar-refractivity contribution is -0.385. The summed E-state index contributed by atoms with van der Waals surface area (Å²) >= 11 is 0. The van der Waals surface area contributed by atoms with Crippen molar-refractivity contribution >= 4 is 12.0 Å². The maximum absolute atomic E-state index is 13.0. The zero-order chi connectivity index (χ0) is 14.5. The van der Waals surface area contributed by atoms with Gasteiger partial charge in [-0.15, -0.1) is 0 Å². The van der Waals surface area contributed by atoms with Crippen LogP contribution in [0.25, 0.3) is 0 Å². The topological polar surface area (TPSA) is 69.4 Å². The second-order valence-electron chi connectivity index (χ2n) is 4.01. The highest BCUT2D eigenvalue weighted by Gasteiger charge is 2.13. The minimum Gasteiger partial charge on any atom is -0.489 e. The maximum atomic E-state index is 13.0. The molecule has 0 aliphatic heterocycles. The Kier molecular flexibility index (Phi) is 4.05. The Labute approximate surface area is 113 Å². The van der Waals surface area contributed by atoms with Crippen molar-refractivity contribution in [1.82, 2.24) is 0 Å². The molecule has 0 aliphatic rings. The van der Waals surface area contributed by atoms with Crippen molar-refractivity contribution in [3.8, 4) is 5.75 Å². The van der Waals surface area contributed by atoms with E-state index in [2.05, 4.69) is 0 Å². The number of carbonyl (C=O) groups excluding carboxylic acids is 1. The predicted octanol–water partition coefficient (Wildman–Crippen LogP) is 3.13. The van der Waals surface area contributed by atoms with E-state index in [-0.39, 0.29) is 23.7 Å². The summed E-state index contributed by atoms with van der Waals surface area (Å²) in [6.45, 7) is 0.105. The quantitative estimate of drug-likeness (QED) is 0.477. The number of benzene rings is 2. The van der Waals surface area contributed by atoms with Gasteiger partial charge in [0.05, 0.1) is 10.5 Å². The fourth-order valence-electron chi connectivity index (χ4n) is 1.68. The van der Waals surface area contributed by atoms with Crippen LogP contribution in [0.4, 0.5) is 10.1 Å². The molecule has 0 aromatic heterocycles. The van der Waals surface area contributed by atoms with Crippen LogP contribution in [-0.4, -0.2) is 11.2 Å². The fourth-order valence-corrected chi connectivity index (χ4v) is 1.68. The molecule has 0 saturated carbocycles. The van der Waals surface area contributed by atoms with Crippen molar-refractivity contribution in [1.29, 1.82) is 0 Å². The molecule has 0 N–H and O–H groups in total. The second-order valence-corrected chi connectivity index (χ2v) is 4.01. The molecule has 0 aliphatic carbocycles. The van der Waals surface area contributed by atoms with Gasteiger partial charge in [-0.3, -0.25) is 14.9 Å². The summed E-state index contributed by atoms with van der Waals surface area (Å²) in [6.07, 6.45) is 0.396. The molecule has 0 radical (unpaired) electrons. The number of nitro benzene ring substituents is 1. The average molecular weight is 275 g/mol. The highest BCUT2D eigenvalue weighted by atomic mass is 19.1. The Balaban J connectivity index is 2.14. The highest BCUT2D eigenvalue weighted by molar-refractivity contribution is 5.82. The number of nitrogens with zero attached hydrogens (tertiary/aromatic N) is 1. The van der Waals surface area contributed by atoms with Gasteiger partial charge >= 0.3 is 0 Å². The summed E-state index contributed by atoms with van der Waals surface area (Å²) in [5.74, 6) is -0.0645. The zero-order valence-corrected chi connectivity index (χ0v) is 10.3. The summed E-state index contributed by atoms with van der Waals surface area (Å²) in [7, 11) is 0. The lowest BCUT2D eigenvalue weighted by Gasteiger charge is -2.07. The van der Waals surface area contributed by atoms with Crippen LogP contribution in [-0.2, 0) is 6.61 Å². The van der Waals surface area contributed by atoms with Gasteiger partial charge < -0.3 is 4.74 Å². The van der Waals surface area contributed by atoms with Gasteiger partial charge in [-0.25, -0.2) is 4.39 Å². The summed E-state index contributed by atoms with van der Waals surface area (Å²) in [6, 6.07) is 9.77. The first-order chi connectivity index (χ1) is 9.60. The normalized spacial score (nSPS) is 10.1. The Hall–Kier alpha value is -2.76. The standard InChI is InChI=1S/C14H10FNO4/c15-12-3-1-2-10(6-12)9-20-13-4-5-14(16(18)19)11(7-13)8-17/h1-8H,9H2. The molecule has 2 rings (SSSR count). The van der Waals surface area contributed by atoms with E-state index in [0.29, 0.717) is 17.6 Å². The lowest BCUT2D eigenvalue weighted by Crippen LogP contribution is -1.98. The summed E-state index contributed by atoms with van der Waals surface area (Å²) in [4.78, 5) is 20.8. The van der Waals surface area contributed by atoms with Crippen molar-refractivity contribution in [2.45, 2.75) is 6.61 Å². The summed E-state index contributed by atoms with van der Waals surface area (Å²) in [5, 5.41) is 10.7. The van der Waals surface area contributed by atoms with Gasteiger partial charge in [-0.05, 0) is 29.8 Å². The van der Waals surface area contributed by atoms with Gasteiger partial charge in [0.1, 0.15) is 18.2 Å². The molecule has 2 aromatic carbocycles. The van der Waals surface area contributed by atoms with Crippen LogP contribution >= 0.6 is 0 Å². The molecule has 0 unspecified atom stereocenters. The zero-order valence-electron chi connectivity index (χ0n) is 10.3. The van der Waals surface area contributed by atoms with Gasteiger partial charge in [-0.1, -0.05) is 12.1 Å². The van der Waals surface area contributed by atoms with Crippen LogP contribution in [0.15, 0.2) is 42.5 Å². The molecular weight excluding hydrogens is 265 g/mol. The monoisotopic (exact) mass is 275 g/mol. The van der Waals surface area contributed by atoms with Gasteiger partial charge in [0.25, 0.3) is 5.69 Å². The van der Waals surface area contributed by atoms with Crippen LogP contribution in [0, 0.1) is 15.9 Å². The molecule has 102 valence electrons. The van der Waals surface area contributed by atoms with Crippen LogP contribution in [0.1, 0.15) is 15.9 Å². The van der Waals surface area contributed by atoms with Gasteiger partial charge in [0, 0.05) is 6.07 Å². The van der Waals surface area contributed by atoms with Crippen LogP contribution in [0.5, 0.6) is 5.75 Å².